The summed E-state index contributed by atoms with van der Waals surface area (Å²) >= 11 is 0. The molecule has 2 aromatic rings. The molecule has 0 saturated heterocycles. The Labute approximate surface area is 106 Å². The number of rotatable bonds is 3. The van der Waals surface area contributed by atoms with Crippen LogP contribution in [0.5, 0.6) is 0 Å². The maximum Gasteiger partial charge on any atom is 0.315 e. The molecule has 2 N–H and O–H groups in total. The molecule has 0 bridgehead atoms. The number of nitrogens with zero attached hydrogens (tertiary/aromatic N) is 1. The van der Waals surface area contributed by atoms with Gasteiger partial charge in [0.25, 0.3) is 0 Å². The van der Waals surface area contributed by atoms with Crippen molar-refractivity contribution in [1.29, 1.82) is 0 Å². The van der Waals surface area contributed by atoms with E-state index in [1.807, 2.05) is 39.0 Å². The Balaban J connectivity index is 2.01. The Morgan fingerprint density at radius 1 is 1.44 bits per heavy atom. The number of carbonyl (C=O) groups is 1. The van der Waals surface area contributed by atoms with Gasteiger partial charge in [-0.2, -0.15) is 0 Å². The van der Waals surface area contributed by atoms with Crippen LogP contribution >= 0.6 is 0 Å². The first kappa shape index (κ1) is 12.4. The van der Waals surface area contributed by atoms with Gasteiger partial charge >= 0.3 is 6.03 Å². The van der Waals surface area contributed by atoms with E-state index in [4.69, 9.17) is 4.42 Å². The van der Waals surface area contributed by atoms with Gasteiger partial charge in [-0.25, -0.2) is 9.78 Å². The lowest BCUT2D eigenvalue weighted by molar-refractivity contribution is 0.238. The lowest BCUT2D eigenvalue weighted by atomic mass is 10.2. The van der Waals surface area contributed by atoms with E-state index >= 15 is 0 Å². The van der Waals surface area contributed by atoms with Gasteiger partial charge in [0.2, 0.25) is 0 Å². The zero-order valence-corrected chi connectivity index (χ0v) is 10.8. The van der Waals surface area contributed by atoms with Gasteiger partial charge in [-0.3, -0.25) is 0 Å². The van der Waals surface area contributed by atoms with Crippen molar-refractivity contribution in [2.75, 3.05) is 0 Å². The molecule has 96 valence electrons. The predicted molar refractivity (Wildman–Crippen MR) is 69.3 cm³/mol. The number of hydrogen-bond donors (Lipinski definition) is 2. The maximum atomic E-state index is 11.4. The van der Waals surface area contributed by atoms with Crippen LogP contribution in [0.1, 0.15) is 25.3 Å². The van der Waals surface area contributed by atoms with Crippen LogP contribution in [0.2, 0.25) is 0 Å². The van der Waals surface area contributed by atoms with E-state index in [2.05, 4.69) is 15.6 Å². The number of benzene rings is 1. The molecule has 1 aromatic heterocycles. The molecule has 5 nitrogen and oxygen atoms in total. The smallest absolute Gasteiger partial charge is 0.315 e. The second-order valence-electron chi connectivity index (χ2n) is 4.52. The van der Waals surface area contributed by atoms with Gasteiger partial charge in [0.15, 0.2) is 11.5 Å². The van der Waals surface area contributed by atoms with Gasteiger partial charge in [0, 0.05) is 19.5 Å². The summed E-state index contributed by atoms with van der Waals surface area (Å²) < 4.78 is 5.39. The number of aromatic nitrogens is 1. The quantitative estimate of drug-likeness (QED) is 0.874. The van der Waals surface area contributed by atoms with Crippen molar-refractivity contribution < 1.29 is 9.21 Å². The highest BCUT2D eigenvalue weighted by Crippen LogP contribution is 2.16. The average Bonchev–Trinajstić information content (AvgIpc) is 2.64. The van der Waals surface area contributed by atoms with Gasteiger partial charge in [-0.1, -0.05) is 6.07 Å². The zero-order valence-electron chi connectivity index (χ0n) is 10.8. The number of nitrogens with one attached hydrogen (secondary N) is 2. The van der Waals surface area contributed by atoms with Gasteiger partial charge in [-0.15, -0.1) is 0 Å². The summed E-state index contributed by atoms with van der Waals surface area (Å²) in [4.78, 5) is 15.7. The SMILES string of the molecule is Cc1nc2cc(CNC(=O)NC(C)C)ccc2o1. The Bertz CT molecular complexity index is 560. The first-order valence-electron chi connectivity index (χ1n) is 5.95. The fraction of sp³-hybridized carbons (Fsp3) is 0.385. The highest BCUT2D eigenvalue weighted by atomic mass is 16.3. The Kier molecular flexibility index (Phi) is 3.50. The minimum absolute atomic E-state index is 0.130. The predicted octanol–water partition coefficient (Wildman–Crippen LogP) is 2.34. The Morgan fingerprint density at radius 3 is 2.94 bits per heavy atom. The average molecular weight is 247 g/mol. The molecule has 18 heavy (non-hydrogen) atoms. The summed E-state index contributed by atoms with van der Waals surface area (Å²) in [6, 6.07) is 5.67. The monoisotopic (exact) mass is 247 g/mol. The standard InChI is InChI=1S/C13H17N3O2/c1-8(2)15-13(17)14-7-10-4-5-12-11(6-10)16-9(3)18-12/h4-6,8H,7H2,1-3H3,(H2,14,15,17). The summed E-state index contributed by atoms with van der Waals surface area (Å²) in [5, 5.41) is 5.56. The molecule has 0 fully saturated rings. The fourth-order valence-corrected chi connectivity index (χ4v) is 1.69. The molecule has 0 aliphatic carbocycles. The highest BCUT2D eigenvalue weighted by Gasteiger charge is 2.05. The molecule has 0 radical (unpaired) electrons. The van der Waals surface area contributed by atoms with Gasteiger partial charge in [-0.05, 0) is 31.5 Å². The molecule has 5 heteroatoms. The molecule has 0 aliphatic heterocycles. The topological polar surface area (TPSA) is 67.2 Å². The van der Waals surface area contributed by atoms with Crippen molar-refractivity contribution in [3.8, 4) is 0 Å². The molecule has 1 aromatic carbocycles. The lowest BCUT2D eigenvalue weighted by Gasteiger charge is -2.09. The second kappa shape index (κ2) is 5.08. The van der Waals surface area contributed by atoms with Crippen LogP contribution in [-0.2, 0) is 6.54 Å². The van der Waals surface area contributed by atoms with E-state index in [0.717, 1.165) is 16.7 Å². The molecular formula is C13H17N3O2. The summed E-state index contributed by atoms with van der Waals surface area (Å²) in [6.07, 6.45) is 0. The Morgan fingerprint density at radius 2 is 2.22 bits per heavy atom. The van der Waals surface area contributed by atoms with Crippen LogP contribution in [-0.4, -0.2) is 17.1 Å². The van der Waals surface area contributed by atoms with Crippen molar-refractivity contribution in [3.63, 3.8) is 0 Å². The molecular weight excluding hydrogens is 230 g/mol. The van der Waals surface area contributed by atoms with Gasteiger partial charge < -0.3 is 15.1 Å². The van der Waals surface area contributed by atoms with Crippen molar-refractivity contribution in [2.45, 2.75) is 33.4 Å². The maximum absolute atomic E-state index is 11.4. The van der Waals surface area contributed by atoms with Crippen molar-refractivity contribution >= 4 is 17.1 Å². The summed E-state index contributed by atoms with van der Waals surface area (Å²) in [7, 11) is 0. The Hall–Kier alpha value is -2.04. The summed E-state index contributed by atoms with van der Waals surface area (Å²) in [5.41, 5.74) is 2.58. The molecule has 2 amide bonds. The number of carbonyl (C=O) groups excluding carboxylic acids is 1. The van der Waals surface area contributed by atoms with Crippen LogP contribution in [0.3, 0.4) is 0 Å². The number of hydrogen-bond acceptors (Lipinski definition) is 3. The summed E-state index contributed by atoms with van der Waals surface area (Å²) in [6.45, 7) is 6.13. The van der Waals surface area contributed by atoms with E-state index in [0.29, 0.717) is 12.4 Å². The van der Waals surface area contributed by atoms with Crippen molar-refractivity contribution in [2.24, 2.45) is 0 Å². The number of aryl methyl sites for hydroxylation is 1. The van der Waals surface area contributed by atoms with E-state index in [1.165, 1.54) is 0 Å². The minimum atomic E-state index is -0.165. The highest BCUT2D eigenvalue weighted by molar-refractivity contribution is 5.75. The first-order valence-corrected chi connectivity index (χ1v) is 5.95. The number of amides is 2. The van der Waals surface area contributed by atoms with E-state index in [1.54, 1.807) is 0 Å². The molecule has 0 saturated carbocycles. The van der Waals surface area contributed by atoms with Crippen LogP contribution in [0.15, 0.2) is 22.6 Å². The van der Waals surface area contributed by atoms with Crippen LogP contribution in [0.4, 0.5) is 4.79 Å². The van der Waals surface area contributed by atoms with E-state index in [9.17, 15) is 4.79 Å². The fourth-order valence-electron chi connectivity index (χ4n) is 1.69. The second-order valence-corrected chi connectivity index (χ2v) is 4.52. The molecule has 0 spiro atoms. The third-order valence-electron chi connectivity index (χ3n) is 2.43. The van der Waals surface area contributed by atoms with E-state index in [-0.39, 0.29) is 12.1 Å². The molecule has 2 rings (SSSR count). The van der Waals surface area contributed by atoms with Crippen LogP contribution < -0.4 is 10.6 Å². The van der Waals surface area contributed by atoms with E-state index < -0.39 is 0 Å². The van der Waals surface area contributed by atoms with Crippen LogP contribution in [0.25, 0.3) is 11.1 Å². The normalized spacial score (nSPS) is 10.9. The van der Waals surface area contributed by atoms with Crippen molar-refractivity contribution in [1.82, 2.24) is 15.6 Å². The number of fused-ring (bicyclic) bond motifs is 1. The minimum Gasteiger partial charge on any atom is -0.441 e. The van der Waals surface area contributed by atoms with Gasteiger partial charge in [0.05, 0.1) is 0 Å². The third-order valence-corrected chi connectivity index (χ3v) is 2.43. The number of oxazole rings is 1. The first-order chi connectivity index (χ1) is 8.54. The van der Waals surface area contributed by atoms with Gasteiger partial charge in [0.1, 0.15) is 5.52 Å². The van der Waals surface area contributed by atoms with Crippen LogP contribution in [0, 0.1) is 6.92 Å². The lowest BCUT2D eigenvalue weighted by Crippen LogP contribution is -2.39. The zero-order chi connectivity index (χ0) is 13.1. The third kappa shape index (κ3) is 3.00. The molecule has 1 heterocycles. The van der Waals surface area contributed by atoms with Crippen molar-refractivity contribution in [3.05, 3.63) is 29.7 Å². The molecule has 0 atom stereocenters. The largest absolute Gasteiger partial charge is 0.441 e. The molecule has 0 unspecified atom stereocenters. The number of urea groups is 1. The molecule has 0 aliphatic rings. The summed E-state index contributed by atoms with van der Waals surface area (Å²) in [5.74, 6) is 0.646.